The predicted octanol–water partition coefficient (Wildman–Crippen LogP) is 4.68. The van der Waals surface area contributed by atoms with E-state index in [4.69, 9.17) is 21.1 Å². The van der Waals surface area contributed by atoms with E-state index in [2.05, 4.69) is 10.6 Å². The van der Waals surface area contributed by atoms with Gasteiger partial charge >= 0.3 is 12.1 Å². The van der Waals surface area contributed by atoms with E-state index in [0.29, 0.717) is 36.7 Å². The zero-order valence-electron chi connectivity index (χ0n) is 23.6. The van der Waals surface area contributed by atoms with E-state index in [1.165, 1.54) is 0 Å². The van der Waals surface area contributed by atoms with E-state index in [-0.39, 0.29) is 31.3 Å². The van der Waals surface area contributed by atoms with E-state index in [1.54, 1.807) is 29.2 Å². The zero-order chi connectivity index (χ0) is 29.9. The second kappa shape index (κ2) is 15.4. The summed E-state index contributed by atoms with van der Waals surface area (Å²) >= 11 is 6.00. The number of nitrogens with one attached hydrogen (secondary N) is 2. The quantitative estimate of drug-likeness (QED) is 0.341. The molecule has 2 aliphatic rings. The monoisotopic (exact) mass is 599 g/mol. The molecule has 2 atom stereocenters. The smallest absolute Gasteiger partial charge is 0.408 e. The molecule has 11 heteroatoms. The average Bonchev–Trinajstić information content (AvgIpc) is 3.21. The van der Waals surface area contributed by atoms with Gasteiger partial charge in [-0.25, -0.2) is 9.59 Å². The molecule has 4 rings (SSSR count). The standard InChI is InChI=1S/C31H38ClN3O7/c32-24-11-6-9-22(17-24)20-42-31(40)34-26(18-21-7-2-1-3-8-21)29(37)33-25(30(38)39)13-14-28(36)35-15-16-41-27-12-5-4-10-23(27)19-35/h4-6,9-12,17,21,25-26H,1-3,7-8,13-16,18-20H2,(H,33,37)(H,34,40)(H,38,39). The maximum atomic E-state index is 13.3. The molecule has 3 N–H and O–H groups in total. The van der Waals surface area contributed by atoms with Crippen molar-refractivity contribution in [3.63, 3.8) is 0 Å². The minimum Gasteiger partial charge on any atom is -0.491 e. The molecule has 2 aromatic carbocycles. The number of amides is 3. The minimum absolute atomic E-state index is 0.0317. The largest absolute Gasteiger partial charge is 0.491 e. The molecule has 1 aliphatic heterocycles. The van der Waals surface area contributed by atoms with Crippen molar-refractivity contribution in [3.8, 4) is 5.75 Å². The van der Waals surface area contributed by atoms with Crippen molar-refractivity contribution in [3.05, 3.63) is 64.7 Å². The second-order valence-corrected chi connectivity index (χ2v) is 11.3. The summed E-state index contributed by atoms with van der Waals surface area (Å²) in [7, 11) is 0. The third kappa shape index (κ3) is 9.37. The van der Waals surface area contributed by atoms with Gasteiger partial charge in [0.15, 0.2) is 0 Å². The fraction of sp³-hybridized carbons (Fsp3) is 0.484. The highest BCUT2D eigenvalue weighted by Gasteiger charge is 2.31. The number of carboxylic acids is 1. The number of ether oxygens (including phenoxy) is 2. The molecule has 0 aromatic heterocycles. The molecule has 3 amide bonds. The van der Waals surface area contributed by atoms with Crippen molar-refractivity contribution in [2.45, 2.75) is 76.6 Å². The first-order chi connectivity index (χ1) is 20.3. The zero-order valence-corrected chi connectivity index (χ0v) is 24.3. The molecule has 2 aromatic rings. The molecule has 10 nitrogen and oxygen atoms in total. The Bertz CT molecular complexity index is 1250. The number of carbonyl (C=O) groups excluding carboxylic acids is 3. The first-order valence-corrected chi connectivity index (χ1v) is 14.9. The number of carbonyl (C=O) groups is 4. The van der Waals surface area contributed by atoms with Gasteiger partial charge in [-0.05, 0) is 42.5 Å². The molecule has 2 unspecified atom stereocenters. The van der Waals surface area contributed by atoms with Crippen molar-refractivity contribution >= 4 is 35.5 Å². The van der Waals surface area contributed by atoms with Crippen LogP contribution in [0.2, 0.25) is 5.02 Å². The topological polar surface area (TPSA) is 134 Å². The van der Waals surface area contributed by atoms with Crippen LogP contribution in [0.4, 0.5) is 4.79 Å². The molecule has 42 heavy (non-hydrogen) atoms. The van der Waals surface area contributed by atoms with Crippen LogP contribution in [-0.4, -0.2) is 59.1 Å². The number of rotatable bonds is 11. The number of hydrogen-bond acceptors (Lipinski definition) is 6. The summed E-state index contributed by atoms with van der Waals surface area (Å²) in [6.07, 6.45) is 4.52. The maximum Gasteiger partial charge on any atom is 0.408 e. The third-order valence-corrected chi connectivity index (χ3v) is 7.96. The molecule has 1 fully saturated rings. The van der Waals surface area contributed by atoms with Crippen molar-refractivity contribution in [2.75, 3.05) is 13.2 Å². The first-order valence-electron chi connectivity index (χ1n) is 14.5. The summed E-state index contributed by atoms with van der Waals surface area (Å²) in [5, 5.41) is 15.6. The first kappa shape index (κ1) is 31.2. The van der Waals surface area contributed by atoms with Gasteiger partial charge in [0.25, 0.3) is 0 Å². The van der Waals surface area contributed by atoms with Gasteiger partial charge in [-0.3, -0.25) is 9.59 Å². The van der Waals surface area contributed by atoms with E-state index >= 15 is 0 Å². The summed E-state index contributed by atoms with van der Waals surface area (Å²) in [6.45, 7) is 1.05. The summed E-state index contributed by atoms with van der Waals surface area (Å²) in [5.41, 5.74) is 1.58. The SMILES string of the molecule is O=C(NC(CC1CCCCC1)C(=O)NC(CCC(=O)N1CCOc2ccccc2C1)C(=O)O)OCc1cccc(Cl)c1. The van der Waals surface area contributed by atoms with Gasteiger partial charge in [-0.2, -0.15) is 0 Å². The van der Waals surface area contributed by atoms with Crippen LogP contribution in [0.25, 0.3) is 0 Å². The molecule has 226 valence electrons. The highest BCUT2D eigenvalue weighted by atomic mass is 35.5. The van der Waals surface area contributed by atoms with Gasteiger partial charge in [0.2, 0.25) is 11.8 Å². The van der Waals surface area contributed by atoms with Gasteiger partial charge in [0.05, 0.1) is 6.54 Å². The van der Waals surface area contributed by atoms with Crippen LogP contribution in [-0.2, 0) is 32.3 Å². The lowest BCUT2D eigenvalue weighted by molar-refractivity contribution is -0.142. The van der Waals surface area contributed by atoms with Crippen molar-refractivity contribution in [1.82, 2.24) is 15.5 Å². The lowest BCUT2D eigenvalue weighted by Crippen LogP contribution is -2.52. The highest BCUT2D eigenvalue weighted by Crippen LogP contribution is 2.28. The van der Waals surface area contributed by atoms with Gasteiger partial charge in [0, 0.05) is 23.6 Å². The predicted molar refractivity (Wildman–Crippen MR) is 156 cm³/mol. The number of fused-ring (bicyclic) bond motifs is 1. The van der Waals surface area contributed by atoms with Crippen molar-refractivity contribution < 1.29 is 33.8 Å². The fourth-order valence-electron chi connectivity index (χ4n) is 5.44. The van der Waals surface area contributed by atoms with Gasteiger partial charge < -0.3 is 30.1 Å². The Morgan fingerprint density at radius 2 is 1.81 bits per heavy atom. The number of halogens is 1. The van der Waals surface area contributed by atoms with E-state index in [0.717, 1.165) is 43.4 Å². The number of hydrogen-bond donors (Lipinski definition) is 3. The maximum absolute atomic E-state index is 13.3. The Balaban J connectivity index is 1.35. The second-order valence-electron chi connectivity index (χ2n) is 10.9. The van der Waals surface area contributed by atoms with Gasteiger partial charge in [-0.15, -0.1) is 0 Å². The molecule has 0 spiro atoms. The van der Waals surface area contributed by atoms with Gasteiger partial charge in [0.1, 0.15) is 31.0 Å². The number of nitrogens with zero attached hydrogens (tertiary/aromatic N) is 1. The summed E-state index contributed by atoms with van der Waals surface area (Å²) < 4.78 is 11.0. The van der Waals surface area contributed by atoms with Crippen LogP contribution >= 0.6 is 11.6 Å². The lowest BCUT2D eigenvalue weighted by Gasteiger charge is -2.27. The Morgan fingerprint density at radius 1 is 1.02 bits per heavy atom. The summed E-state index contributed by atoms with van der Waals surface area (Å²) in [5.74, 6) is -1.14. The fourth-order valence-corrected chi connectivity index (χ4v) is 5.65. The lowest BCUT2D eigenvalue weighted by atomic mass is 9.84. The van der Waals surface area contributed by atoms with Crippen LogP contribution in [0, 0.1) is 5.92 Å². The number of aliphatic carboxylic acids is 1. The number of carboxylic acid groups (broad SMARTS) is 1. The summed E-state index contributed by atoms with van der Waals surface area (Å²) in [4.78, 5) is 52.7. The van der Waals surface area contributed by atoms with Gasteiger partial charge in [-0.1, -0.05) is 74.0 Å². The molecular formula is C31H38ClN3O7. The molecule has 0 saturated heterocycles. The van der Waals surface area contributed by atoms with Crippen LogP contribution in [0.3, 0.4) is 0 Å². The van der Waals surface area contributed by atoms with Crippen molar-refractivity contribution in [2.24, 2.45) is 5.92 Å². The minimum atomic E-state index is -1.30. The number of alkyl carbamates (subject to hydrolysis) is 1. The van der Waals surface area contributed by atoms with E-state index < -0.39 is 30.1 Å². The van der Waals surface area contributed by atoms with Crippen LogP contribution < -0.4 is 15.4 Å². The molecular weight excluding hydrogens is 562 g/mol. The summed E-state index contributed by atoms with van der Waals surface area (Å²) in [6, 6.07) is 12.1. The molecule has 1 heterocycles. The normalized spacial score (nSPS) is 16.6. The molecule has 0 bridgehead atoms. The Kier molecular flexibility index (Phi) is 11.5. The Hall–Kier alpha value is -3.79. The van der Waals surface area contributed by atoms with Crippen LogP contribution in [0.15, 0.2) is 48.5 Å². The molecule has 0 radical (unpaired) electrons. The molecule has 1 saturated carbocycles. The molecule has 1 aliphatic carbocycles. The highest BCUT2D eigenvalue weighted by molar-refractivity contribution is 6.30. The van der Waals surface area contributed by atoms with E-state index in [1.807, 2.05) is 24.3 Å². The average molecular weight is 600 g/mol. The number of para-hydroxylation sites is 1. The third-order valence-electron chi connectivity index (χ3n) is 7.73. The Morgan fingerprint density at radius 3 is 2.57 bits per heavy atom. The van der Waals surface area contributed by atoms with Crippen LogP contribution in [0.5, 0.6) is 5.75 Å². The van der Waals surface area contributed by atoms with E-state index in [9.17, 15) is 24.3 Å². The Labute approximate surface area is 250 Å². The van der Waals surface area contributed by atoms with Crippen LogP contribution in [0.1, 0.15) is 62.5 Å². The van der Waals surface area contributed by atoms with Crippen molar-refractivity contribution in [1.29, 1.82) is 0 Å². The number of benzene rings is 2.